The van der Waals surface area contributed by atoms with Gasteiger partial charge in [0, 0.05) is 22.5 Å². The molecule has 0 fully saturated rings. The number of halogens is 2. The fourth-order valence-corrected chi connectivity index (χ4v) is 2.30. The molecule has 0 spiro atoms. The van der Waals surface area contributed by atoms with E-state index < -0.39 is 0 Å². The van der Waals surface area contributed by atoms with Crippen molar-refractivity contribution in [3.05, 3.63) is 58.0 Å². The number of hydrogen-bond donors (Lipinski definition) is 1. The lowest BCUT2D eigenvalue weighted by molar-refractivity contribution is 0.483. The van der Waals surface area contributed by atoms with Crippen LogP contribution in [0.2, 0.25) is 10.0 Å². The fourth-order valence-electron chi connectivity index (χ4n) is 1.75. The highest BCUT2D eigenvalue weighted by molar-refractivity contribution is 6.35. The summed E-state index contributed by atoms with van der Waals surface area (Å²) in [6.45, 7) is 0. The van der Waals surface area contributed by atoms with E-state index in [1.165, 1.54) is 0 Å². The van der Waals surface area contributed by atoms with Crippen LogP contribution >= 0.6 is 23.2 Å². The molecule has 1 atom stereocenters. The van der Waals surface area contributed by atoms with Crippen molar-refractivity contribution in [2.24, 2.45) is 5.73 Å². The zero-order valence-corrected chi connectivity index (χ0v) is 10.7. The molecule has 90 valence electrons. The Morgan fingerprint density at radius 1 is 1.06 bits per heavy atom. The molecule has 1 aromatic carbocycles. The van der Waals surface area contributed by atoms with E-state index >= 15 is 0 Å². The summed E-state index contributed by atoms with van der Waals surface area (Å²) in [6, 6.07) is 9.17. The van der Waals surface area contributed by atoms with Crippen LogP contribution in [0.25, 0.3) is 0 Å². The first kappa shape index (κ1) is 12.5. The van der Waals surface area contributed by atoms with Crippen molar-refractivity contribution in [3.8, 4) is 0 Å². The van der Waals surface area contributed by atoms with E-state index in [-0.39, 0.29) is 6.04 Å². The van der Waals surface area contributed by atoms with Crippen LogP contribution in [-0.4, -0.2) is 6.04 Å². The third kappa shape index (κ3) is 3.25. The summed E-state index contributed by atoms with van der Waals surface area (Å²) in [7, 11) is 0. The molecule has 0 bridgehead atoms. The molecule has 2 nitrogen and oxygen atoms in total. The Labute approximate surface area is 110 Å². The fraction of sp³-hybridized carbons (Fsp3) is 0.231. The molecule has 1 unspecified atom stereocenters. The van der Waals surface area contributed by atoms with Crippen molar-refractivity contribution in [1.82, 2.24) is 0 Å². The van der Waals surface area contributed by atoms with Gasteiger partial charge in [0.05, 0.1) is 6.26 Å². The zero-order chi connectivity index (χ0) is 12.3. The van der Waals surface area contributed by atoms with E-state index in [1.807, 2.05) is 30.3 Å². The van der Waals surface area contributed by atoms with Gasteiger partial charge < -0.3 is 10.2 Å². The number of hydrogen-bond acceptors (Lipinski definition) is 2. The van der Waals surface area contributed by atoms with Crippen molar-refractivity contribution in [2.75, 3.05) is 0 Å². The summed E-state index contributed by atoms with van der Waals surface area (Å²) in [4.78, 5) is 0. The molecule has 0 amide bonds. The van der Waals surface area contributed by atoms with Crippen LogP contribution in [0, 0.1) is 0 Å². The highest BCUT2D eigenvalue weighted by atomic mass is 35.5. The third-order valence-corrected chi connectivity index (χ3v) is 3.28. The quantitative estimate of drug-likeness (QED) is 0.920. The molecule has 0 aliphatic carbocycles. The third-order valence-electron chi connectivity index (χ3n) is 2.57. The molecule has 0 aliphatic heterocycles. The van der Waals surface area contributed by atoms with Crippen LogP contribution in [0.5, 0.6) is 0 Å². The molecule has 4 heteroatoms. The maximum atomic E-state index is 6.09. The molecular weight excluding hydrogens is 257 g/mol. The molecule has 17 heavy (non-hydrogen) atoms. The first-order chi connectivity index (χ1) is 8.16. The predicted octanol–water partition coefficient (Wildman–Crippen LogP) is 3.70. The maximum Gasteiger partial charge on any atom is 0.105 e. The SMILES string of the molecule is NC(Cc1ccco1)Cc1c(Cl)cccc1Cl. The van der Waals surface area contributed by atoms with Gasteiger partial charge in [-0.15, -0.1) is 0 Å². The minimum atomic E-state index is -0.0569. The summed E-state index contributed by atoms with van der Waals surface area (Å²) < 4.78 is 5.26. The lowest BCUT2D eigenvalue weighted by Gasteiger charge is -2.12. The second-order valence-electron chi connectivity index (χ2n) is 3.95. The zero-order valence-electron chi connectivity index (χ0n) is 9.20. The summed E-state index contributed by atoms with van der Waals surface area (Å²) in [5.41, 5.74) is 6.96. The van der Waals surface area contributed by atoms with E-state index in [0.717, 1.165) is 11.3 Å². The van der Waals surface area contributed by atoms with Crippen LogP contribution in [0.1, 0.15) is 11.3 Å². The van der Waals surface area contributed by atoms with Gasteiger partial charge in [-0.2, -0.15) is 0 Å². The Bertz CT molecular complexity index is 462. The van der Waals surface area contributed by atoms with Gasteiger partial charge >= 0.3 is 0 Å². The molecule has 0 radical (unpaired) electrons. The number of furan rings is 1. The van der Waals surface area contributed by atoms with Crippen LogP contribution in [-0.2, 0) is 12.8 Å². The predicted molar refractivity (Wildman–Crippen MR) is 70.6 cm³/mol. The number of benzene rings is 1. The Balaban J connectivity index is 2.05. The monoisotopic (exact) mass is 269 g/mol. The molecule has 0 saturated heterocycles. The van der Waals surface area contributed by atoms with Crippen molar-refractivity contribution in [1.29, 1.82) is 0 Å². The second kappa shape index (κ2) is 5.58. The number of rotatable bonds is 4. The summed E-state index contributed by atoms with van der Waals surface area (Å²) >= 11 is 12.2. The molecule has 1 heterocycles. The highest BCUT2D eigenvalue weighted by Crippen LogP contribution is 2.25. The smallest absolute Gasteiger partial charge is 0.105 e. The van der Waals surface area contributed by atoms with Crippen molar-refractivity contribution in [2.45, 2.75) is 18.9 Å². The van der Waals surface area contributed by atoms with Gasteiger partial charge in [0.2, 0.25) is 0 Å². The minimum absolute atomic E-state index is 0.0569. The lowest BCUT2D eigenvalue weighted by Crippen LogP contribution is -2.25. The second-order valence-corrected chi connectivity index (χ2v) is 4.76. The van der Waals surface area contributed by atoms with Crippen molar-refractivity contribution in [3.63, 3.8) is 0 Å². The van der Waals surface area contributed by atoms with Crippen molar-refractivity contribution < 1.29 is 4.42 Å². The Morgan fingerprint density at radius 2 is 1.76 bits per heavy atom. The average molecular weight is 270 g/mol. The van der Waals surface area contributed by atoms with E-state index in [9.17, 15) is 0 Å². The van der Waals surface area contributed by atoms with E-state index in [1.54, 1.807) is 6.26 Å². The first-order valence-corrected chi connectivity index (χ1v) is 6.13. The summed E-state index contributed by atoms with van der Waals surface area (Å²) in [5.74, 6) is 0.876. The van der Waals surface area contributed by atoms with Crippen LogP contribution in [0.15, 0.2) is 41.0 Å². The van der Waals surface area contributed by atoms with Gasteiger partial charge in [0.25, 0.3) is 0 Å². The number of nitrogens with two attached hydrogens (primary N) is 1. The largest absolute Gasteiger partial charge is 0.469 e. The highest BCUT2D eigenvalue weighted by Gasteiger charge is 2.12. The molecule has 2 rings (SSSR count). The minimum Gasteiger partial charge on any atom is -0.469 e. The topological polar surface area (TPSA) is 39.2 Å². The molecule has 1 aromatic heterocycles. The first-order valence-electron chi connectivity index (χ1n) is 5.37. The average Bonchev–Trinajstić information content (AvgIpc) is 2.76. The van der Waals surface area contributed by atoms with Crippen LogP contribution in [0.3, 0.4) is 0 Å². The van der Waals surface area contributed by atoms with E-state index in [4.69, 9.17) is 33.4 Å². The molecule has 2 aromatic rings. The summed E-state index contributed by atoms with van der Waals surface area (Å²) in [5, 5.41) is 1.32. The van der Waals surface area contributed by atoms with Gasteiger partial charge in [0.1, 0.15) is 5.76 Å². The lowest BCUT2D eigenvalue weighted by atomic mass is 10.0. The van der Waals surface area contributed by atoms with Gasteiger partial charge in [-0.05, 0) is 36.2 Å². The summed E-state index contributed by atoms with van der Waals surface area (Å²) in [6.07, 6.45) is 2.96. The molecule has 2 N–H and O–H groups in total. The molecular formula is C13H13Cl2NO. The standard InChI is InChI=1S/C13H13Cl2NO/c14-12-4-1-5-13(15)11(12)8-9(16)7-10-3-2-6-17-10/h1-6,9H,7-8,16H2. The van der Waals surface area contributed by atoms with Gasteiger partial charge in [-0.1, -0.05) is 29.3 Å². The van der Waals surface area contributed by atoms with E-state index in [0.29, 0.717) is 22.9 Å². The van der Waals surface area contributed by atoms with Gasteiger partial charge in [-0.25, -0.2) is 0 Å². The maximum absolute atomic E-state index is 6.09. The Kier molecular flexibility index (Phi) is 4.11. The normalized spacial score (nSPS) is 12.6. The van der Waals surface area contributed by atoms with Crippen LogP contribution < -0.4 is 5.73 Å². The Hall–Kier alpha value is -0.960. The van der Waals surface area contributed by atoms with Gasteiger partial charge in [-0.3, -0.25) is 0 Å². The van der Waals surface area contributed by atoms with E-state index in [2.05, 4.69) is 0 Å². The molecule has 0 aliphatic rings. The Morgan fingerprint density at radius 3 is 2.35 bits per heavy atom. The van der Waals surface area contributed by atoms with Crippen molar-refractivity contribution >= 4 is 23.2 Å². The van der Waals surface area contributed by atoms with Crippen LogP contribution in [0.4, 0.5) is 0 Å². The molecule has 0 saturated carbocycles. The van der Waals surface area contributed by atoms with Gasteiger partial charge in [0.15, 0.2) is 0 Å².